The van der Waals surface area contributed by atoms with Crippen LogP contribution >= 0.6 is 57.7 Å². The molecule has 0 amide bonds. The molecular formula is C20H12Cl4N2O2S2. The van der Waals surface area contributed by atoms with Gasteiger partial charge >= 0.3 is 0 Å². The highest BCUT2D eigenvalue weighted by molar-refractivity contribution is 7.92. The summed E-state index contributed by atoms with van der Waals surface area (Å²) in [6.45, 7) is 0. The molecule has 0 atom stereocenters. The maximum absolute atomic E-state index is 12.7. The van der Waals surface area contributed by atoms with Gasteiger partial charge in [0.2, 0.25) is 0 Å². The molecule has 3 aromatic carbocycles. The highest BCUT2D eigenvalue weighted by Gasteiger charge is 2.20. The molecule has 4 aromatic rings. The van der Waals surface area contributed by atoms with E-state index in [4.69, 9.17) is 46.4 Å². The van der Waals surface area contributed by atoms with Crippen LogP contribution in [0.3, 0.4) is 0 Å². The van der Waals surface area contributed by atoms with Crippen LogP contribution in [0.1, 0.15) is 10.6 Å². The average Bonchev–Trinajstić information content (AvgIpc) is 3.06. The Labute approximate surface area is 197 Å². The van der Waals surface area contributed by atoms with Gasteiger partial charge < -0.3 is 0 Å². The zero-order valence-electron chi connectivity index (χ0n) is 15.0. The van der Waals surface area contributed by atoms with Crippen LogP contribution < -0.4 is 4.72 Å². The Balaban J connectivity index is 1.62. The van der Waals surface area contributed by atoms with E-state index in [1.165, 1.54) is 30.3 Å². The fourth-order valence-corrected chi connectivity index (χ4v) is 6.29. The first-order valence-corrected chi connectivity index (χ1v) is 12.3. The minimum absolute atomic E-state index is 0.0136. The lowest BCUT2D eigenvalue weighted by Gasteiger charge is -2.13. The van der Waals surface area contributed by atoms with Gasteiger partial charge in [0.05, 0.1) is 25.9 Å². The minimum Gasteiger partial charge on any atom is -0.279 e. The summed E-state index contributed by atoms with van der Waals surface area (Å²) in [5.74, 6) is 0. The second kappa shape index (κ2) is 8.54. The Morgan fingerprint density at radius 2 is 1.60 bits per heavy atom. The molecule has 1 N–H and O–H groups in total. The Hall–Kier alpha value is -1.54. The summed E-state index contributed by atoms with van der Waals surface area (Å²) in [5.41, 5.74) is 1.81. The van der Waals surface area contributed by atoms with Crippen LogP contribution in [-0.2, 0) is 16.4 Å². The number of nitrogens with zero attached hydrogens (tertiary/aromatic N) is 1. The van der Waals surface area contributed by atoms with Gasteiger partial charge in [0.1, 0.15) is 4.90 Å². The van der Waals surface area contributed by atoms with Gasteiger partial charge in [-0.25, -0.2) is 13.4 Å². The van der Waals surface area contributed by atoms with Crippen molar-refractivity contribution in [1.29, 1.82) is 0 Å². The highest BCUT2D eigenvalue weighted by Crippen LogP contribution is 2.34. The monoisotopic (exact) mass is 516 g/mol. The molecule has 0 unspecified atom stereocenters. The van der Waals surface area contributed by atoms with Gasteiger partial charge in [0.15, 0.2) is 0 Å². The Morgan fingerprint density at radius 1 is 0.900 bits per heavy atom. The van der Waals surface area contributed by atoms with Crippen LogP contribution in [0, 0.1) is 0 Å². The fourth-order valence-electron chi connectivity index (χ4n) is 2.88. The number of aromatic nitrogens is 1. The zero-order valence-corrected chi connectivity index (χ0v) is 19.7. The number of nitrogens with one attached hydrogen (secondary N) is 1. The molecule has 0 saturated heterocycles. The number of halogens is 4. The normalized spacial score (nSPS) is 11.7. The van der Waals surface area contributed by atoms with E-state index in [1.54, 1.807) is 11.3 Å². The molecule has 4 rings (SSSR count). The molecule has 0 radical (unpaired) electrons. The van der Waals surface area contributed by atoms with Gasteiger partial charge in [-0.3, -0.25) is 4.72 Å². The number of benzene rings is 3. The summed E-state index contributed by atoms with van der Waals surface area (Å²) in [6, 6.07) is 15.0. The Kier molecular flexibility index (Phi) is 6.17. The molecule has 0 bridgehead atoms. The molecule has 154 valence electrons. The number of hydrogen-bond donors (Lipinski definition) is 1. The van der Waals surface area contributed by atoms with Crippen LogP contribution in [0.2, 0.25) is 20.1 Å². The SMILES string of the molecule is O=S(=O)(Nc1cc(Cl)c(Cc2nc3ccccc3s2)c(Cl)c1)c1ccc(Cl)cc1Cl. The Bertz CT molecular complexity index is 1310. The molecule has 30 heavy (non-hydrogen) atoms. The highest BCUT2D eigenvalue weighted by atomic mass is 35.5. The second-order valence-electron chi connectivity index (χ2n) is 6.35. The van der Waals surface area contributed by atoms with E-state index < -0.39 is 10.0 Å². The van der Waals surface area contributed by atoms with Crippen LogP contribution in [0.15, 0.2) is 59.5 Å². The number of anilines is 1. The van der Waals surface area contributed by atoms with Crippen molar-refractivity contribution < 1.29 is 8.42 Å². The van der Waals surface area contributed by atoms with Crippen molar-refractivity contribution in [3.8, 4) is 0 Å². The third-order valence-corrected chi connectivity index (χ3v) is 8.05. The zero-order chi connectivity index (χ0) is 21.5. The van der Waals surface area contributed by atoms with Crippen molar-refractivity contribution in [2.45, 2.75) is 11.3 Å². The summed E-state index contributed by atoms with van der Waals surface area (Å²) < 4.78 is 28.9. The lowest BCUT2D eigenvalue weighted by molar-refractivity contribution is 0.601. The van der Waals surface area contributed by atoms with E-state index in [2.05, 4.69) is 9.71 Å². The van der Waals surface area contributed by atoms with Gasteiger partial charge in [-0.1, -0.05) is 58.5 Å². The summed E-state index contributed by atoms with van der Waals surface area (Å²) in [6.07, 6.45) is 0.438. The quantitative estimate of drug-likeness (QED) is 0.302. The minimum atomic E-state index is -3.95. The van der Waals surface area contributed by atoms with E-state index in [0.29, 0.717) is 27.1 Å². The van der Waals surface area contributed by atoms with Gasteiger partial charge in [-0.05, 0) is 48.0 Å². The van der Waals surface area contributed by atoms with Gasteiger partial charge in [-0.2, -0.15) is 0 Å². The average molecular weight is 518 g/mol. The van der Waals surface area contributed by atoms with Crippen LogP contribution in [0.4, 0.5) is 5.69 Å². The number of fused-ring (bicyclic) bond motifs is 1. The molecule has 0 fully saturated rings. The lowest BCUT2D eigenvalue weighted by atomic mass is 10.1. The maximum atomic E-state index is 12.7. The summed E-state index contributed by atoms with van der Waals surface area (Å²) in [5, 5.41) is 1.88. The van der Waals surface area contributed by atoms with Crippen molar-refractivity contribution in [2.75, 3.05) is 4.72 Å². The van der Waals surface area contributed by atoms with E-state index in [9.17, 15) is 8.42 Å². The standard InChI is InChI=1S/C20H12Cl4N2O2S2/c21-11-5-6-19(16(24)7-11)30(27,28)26-12-8-14(22)13(15(23)9-12)10-20-25-17-3-1-2-4-18(17)29-20/h1-9,26H,10H2. The van der Waals surface area contributed by atoms with Gasteiger partial charge in [0.25, 0.3) is 10.0 Å². The predicted molar refractivity (Wildman–Crippen MR) is 126 cm³/mol. The molecule has 0 aliphatic rings. The Morgan fingerprint density at radius 3 is 2.27 bits per heavy atom. The van der Waals surface area contributed by atoms with Crippen LogP contribution in [0.5, 0.6) is 0 Å². The third-order valence-electron chi connectivity index (χ3n) is 4.24. The molecular weight excluding hydrogens is 506 g/mol. The smallest absolute Gasteiger partial charge is 0.263 e. The number of rotatable bonds is 5. The molecule has 0 spiro atoms. The van der Waals surface area contributed by atoms with Crippen molar-refractivity contribution in [3.05, 3.63) is 85.3 Å². The topological polar surface area (TPSA) is 59.1 Å². The number of thiazole rings is 1. The lowest BCUT2D eigenvalue weighted by Crippen LogP contribution is -2.13. The maximum Gasteiger partial charge on any atom is 0.263 e. The first kappa shape index (κ1) is 21.7. The van der Waals surface area contributed by atoms with Crippen LogP contribution in [0.25, 0.3) is 10.2 Å². The van der Waals surface area contributed by atoms with Crippen molar-refractivity contribution >= 4 is 83.7 Å². The van der Waals surface area contributed by atoms with Crippen molar-refractivity contribution in [2.24, 2.45) is 0 Å². The largest absolute Gasteiger partial charge is 0.279 e. The fraction of sp³-hybridized carbons (Fsp3) is 0.0500. The van der Waals surface area contributed by atoms with Gasteiger partial charge in [-0.15, -0.1) is 11.3 Å². The summed E-state index contributed by atoms with van der Waals surface area (Å²) in [4.78, 5) is 4.49. The van der Waals surface area contributed by atoms with Crippen LogP contribution in [-0.4, -0.2) is 13.4 Å². The molecule has 10 heteroatoms. The van der Waals surface area contributed by atoms with E-state index >= 15 is 0 Å². The number of sulfonamides is 1. The third kappa shape index (κ3) is 4.54. The van der Waals surface area contributed by atoms with E-state index in [0.717, 1.165) is 15.2 Å². The molecule has 0 saturated carbocycles. The molecule has 4 nitrogen and oxygen atoms in total. The van der Waals surface area contributed by atoms with E-state index in [1.807, 2.05) is 24.3 Å². The number of hydrogen-bond acceptors (Lipinski definition) is 4. The first-order chi connectivity index (χ1) is 14.2. The van der Waals surface area contributed by atoms with Gasteiger partial charge in [0, 0.05) is 21.5 Å². The van der Waals surface area contributed by atoms with Crippen molar-refractivity contribution in [3.63, 3.8) is 0 Å². The second-order valence-corrected chi connectivity index (χ2v) is 10.8. The molecule has 0 aliphatic carbocycles. The summed E-state index contributed by atoms with van der Waals surface area (Å²) in [7, 11) is -3.95. The molecule has 0 aliphatic heterocycles. The molecule has 1 aromatic heterocycles. The number of para-hydroxylation sites is 1. The predicted octanol–water partition coefficient (Wildman–Crippen LogP) is 7.30. The first-order valence-electron chi connectivity index (χ1n) is 8.53. The molecule has 1 heterocycles. The summed E-state index contributed by atoms with van der Waals surface area (Å²) >= 11 is 26.3. The van der Waals surface area contributed by atoms with Crippen molar-refractivity contribution in [1.82, 2.24) is 4.98 Å². The van der Waals surface area contributed by atoms with E-state index in [-0.39, 0.29) is 15.6 Å².